The zero-order valence-electron chi connectivity index (χ0n) is 13.6. The van der Waals surface area contributed by atoms with Crippen molar-refractivity contribution in [2.45, 2.75) is 10.4 Å². The van der Waals surface area contributed by atoms with Crippen molar-refractivity contribution in [2.75, 3.05) is 12.9 Å². The fraction of sp³-hybridized carbons (Fsp3) is 0.167. The number of hydrogen-bond donors (Lipinski definition) is 1. The van der Waals surface area contributed by atoms with Gasteiger partial charge in [-0.3, -0.25) is 4.79 Å². The van der Waals surface area contributed by atoms with Gasteiger partial charge in [-0.2, -0.15) is 0 Å². The van der Waals surface area contributed by atoms with Crippen molar-refractivity contribution in [1.82, 2.24) is 15.5 Å². The smallest absolute Gasteiger partial charge is 0.231 e. The normalized spacial score (nSPS) is 11.7. The van der Waals surface area contributed by atoms with E-state index in [0.717, 1.165) is 21.2 Å². The van der Waals surface area contributed by atoms with Crippen LogP contribution in [0.2, 0.25) is 0 Å². The zero-order chi connectivity index (χ0) is 17.5. The molecule has 0 unspecified atom stereocenters. The lowest BCUT2D eigenvalue weighted by molar-refractivity contribution is -0.119. The predicted molar refractivity (Wildman–Crippen MR) is 100 cm³/mol. The first-order chi connectivity index (χ1) is 12.3. The van der Waals surface area contributed by atoms with E-state index in [2.05, 4.69) is 15.5 Å². The molecule has 3 rings (SSSR count). The number of ether oxygens (including phenoxy) is 1. The third-order valence-electron chi connectivity index (χ3n) is 3.55. The standard InChI is InChI=1S/C18H17N3O2S2/c1-23-15-9-7-14(8-10-15)17(13-5-3-2-4-6-13)20-16(22)11-24-18-21-19-12-25-18/h2-10,12,17H,11H2,1H3,(H,20,22)/t17-/m1/s1. The van der Waals surface area contributed by atoms with E-state index in [-0.39, 0.29) is 11.9 Å². The molecule has 5 nitrogen and oxygen atoms in total. The van der Waals surface area contributed by atoms with Crippen LogP contribution in [0.25, 0.3) is 0 Å². The Morgan fingerprint density at radius 2 is 1.88 bits per heavy atom. The summed E-state index contributed by atoms with van der Waals surface area (Å²) in [6, 6.07) is 17.4. The summed E-state index contributed by atoms with van der Waals surface area (Å²) >= 11 is 2.81. The van der Waals surface area contributed by atoms with Gasteiger partial charge in [0.15, 0.2) is 4.34 Å². The van der Waals surface area contributed by atoms with E-state index < -0.39 is 0 Å². The molecule has 128 valence electrons. The maximum Gasteiger partial charge on any atom is 0.231 e. The summed E-state index contributed by atoms with van der Waals surface area (Å²) in [7, 11) is 1.64. The number of nitrogens with zero attached hydrogens (tertiary/aromatic N) is 2. The van der Waals surface area contributed by atoms with Crippen LogP contribution < -0.4 is 10.1 Å². The molecule has 25 heavy (non-hydrogen) atoms. The van der Waals surface area contributed by atoms with Gasteiger partial charge in [0.25, 0.3) is 0 Å². The second-order valence-electron chi connectivity index (χ2n) is 5.18. The van der Waals surface area contributed by atoms with Gasteiger partial charge in [0.05, 0.1) is 18.9 Å². The van der Waals surface area contributed by atoms with Gasteiger partial charge in [-0.25, -0.2) is 0 Å². The molecule has 0 fully saturated rings. The highest BCUT2D eigenvalue weighted by atomic mass is 32.2. The van der Waals surface area contributed by atoms with E-state index in [4.69, 9.17) is 4.74 Å². The van der Waals surface area contributed by atoms with Crippen molar-refractivity contribution in [2.24, 2.45) is 0 Å². The van der Waals surface area contributed by atoms with Gasteiger partial charge in [0.2, 0.25) is 5.91 Å². The third kappa shape index (κ3) is 4.80. The molecule has 1 N–H and O–H groups in total. The molecule has 0 bridgehead atoms. The lowest BCUT2D eigenvalue weighted by atomic mass is 9.98. The summed E-state index contributed by atoms with van der Waals surface area (Å²) in [5, 5.41) is 10.8. The Bertz CT molecular complexity index is 793. The van der Waals surface area contributed by atoms with E-state index in [0.29, 0.717) is 5.75 Å². The van der Waals surface area contributed by atoms with Crippen LogP contribution >= 0.6 is 23.1 Å². The van der Waals surface area contributed by atoms with Crippen LogP contribution in [0.15, 0.2) is 64.4 Å². The number of carbonyl (C=O) groups excluding carboxylic acids is 1. The van der Waals surface area contributed by atoms with Gasteiger partial charge in [-0.05, 0) is 23.3 Å². The lowest BCUT2D eigenvalue weighted by Crippen LogP contribution is -2.30. The number of amides is 1. The average Bonchev–Trinajstić information content (AvgIpc) is 3.19. The van der Waals surface area contributed by atoms with Gasteiger partial charge >= 0.3 is 0 Å². The highest BCUT2D eigenvalue weighted by Gasteiger charge is 2.17. The first-order valence-electron chi connectivity index (χ1n) is 7.63. The minimum absolute atomic E-state index is 0.0510. The van der Waals surface area contributed by atoms with Crippen molar-refractivity contribution in [1.29, 1.82) is 0 Å². The van der Waals surface area contributed by atoms with E-state index >= 15 is 0 Å². The molecule has 0 aliphatic heterocycles. The molecule has 7 heteroatoms. The van der Waals surface area contributed by atoms with Crippen LogP contribution in [-0.4, -0.2) is 29.0 Å². The van der Waals surface area contributed by atoms with E-state index in [1.807, 2.05) is 54.6 Å². The van der Waals surface area contributed by atoms with Crippen molar-refractivity contribution in [3.8, 4) is 5.75 Å². The first kappa shape index (κ1) is 17.4. The Kier molecular flexibility index (Phi) is 6.03. The largest absolute Gasteiger partial charge is 0.497 e. The summed E-state index contributed by atoms with van der Waals surface area (Å²) in [4.78, 5) is 12.4. The van der Waals surface area contributed by atoms with Crippen LogP contribution in [0.3, 0.4) is 0 Å². The predicted octanol–water partition coefficient (Wildman–Crippen LogP) is 3.54. The second kappa shape index (κ2) is 8.64. The Morgan fingerprint density at radius 1 is 1.16 bits per heavy atom. The molecule has 0 spiro atoms. The van der Waals surface area contributed by atoms with E-state index in [9.17, 15) is 4.79 Å². The second-order valence-corrected chi connectivity index (χ2v) is 7.23. The molecular formula is C18H17N3O2S2. The molecule has 0 aliphatic carbocycles. The fourth-order valence-electron chi connectivity index (χ4n) is 2.36. The lowest BCUT2D eigenvalue weighted by Gasteiger charge is -2.20. The number of aromatic nitrogens is 2. The SMILES string of the molecule is COc1ccc([C@H](NC(=O)CSc2nncs2)c2ccccc2)cc1. The van der Waals surface area contributed by atoms with E-state index in [1.54, 1.807) is 12.6 Å². The maximum atomic E-state index is 12.4. The van der Waals surface area contributed by atoms with Crippen molar-refractivity contribution in [3.05, 3.63) is 71.2 Å². The first-order valence-corrected chi connectivity index (χ1v) is 9.50. The molecule has 0 saturated carbocycles. The Hall–Kier alpha value is -2.38. The van der Waals surface area contributed by atoms with Gasteiger partial charge in [-0.15, -0.1) is 10.2 Å². The highest BCUT2D eigenvalue weighted by molar-refractivity contribution is 8.01. The van der Waals surface area contributed by atoms with Crippen LogP contribution in [0.1, 0.15) is 17.2 Å². The topological polar surface area (TPSA) is 64.1 Å². The van der Waals surface area contributed by atoms with E-state index in [1.165, 1.54) is 23.1 Å². The molecule has 0 radical (unpaired) electrons. The molecule has 3 aromatic rings. The van der Waals surface area contributed by atoms with Gasteiger partial charge in [0, 0.05) is 0 Å². The Balaban J connectivity index is 1.75. The minimum Gasteiger partial charge on any atom is -0.497 e. The third-order valence-corrected chi connectivity index (χ3v) is 5.41. The summed E-state index contributed by atoms with van der Waals surface area (Å²) in [6.45, 7) is 0. The van der Waals surface area contributed by atoms with Crippen LogP contribution in [0.5, 0.6) is 5.75 Å². The molecular weight excluding hydrogens is 354 g/mol. The molecule has 1 atom stereocenters. The summed E-state index contributed by atoms with van der Waals surface area (Å²) in [6.07, 6.45) is 0. The number of methoxy groups -OCH3 is 1. The molecule has 2 aromatic carbocycles. The Labute approximate surface area is 154 Å². The fourth-order valence-corrected chi connectivity index (χ4v) is 3.66. The molecule has 1 aromatic heterocycles. The Morgan fingerprint density at radius 3 is 2.52 bits per heavy atom. The maximum absolute atomic E-state index is 12.4. The van der Waals surface area contributed by atoms with Crippen LogP contribution in [0.4, 0.5) is 0 Å². The van der Waals surface area contributed by atoms with Crippen molar-refractivity contribution < 1.29 is 9.53 Å². The summed E-state index contributed by atoms with van der Waals surface area (Å²) in [5.74, 6) is 1.04. The minimum atomic E-state index is -0.213. The molecule has 0 saturated heterocycles. The number of rotatable bonds is 7. The highest BCUT2D eigenvalue weighted by Crippen LogP contribution is 2.25. The number of hydrogen-bond acceptors (Lipinski definition) is 6. The number of thioether (sulfide) groups is 1. The van der Waals surface area contributed by atoms with Gasteiger partial charge in [-0.1, -0.05) is 65.6 Å². The van der Waals surface area contributed by atoms with Crippen LogP contribution in [0, 0.1) is 0 Å². The number of nitrogens with one attached hydrogen (secondary N) is 1. The van der Waals surface area contributed by atoms with Crippen molar-refractivity contribution in [3.63, 3.8) is 0 Å². The van der Waals surface area contributed by atoms with Gasteiger partial charge in [0.1, 0.15) is 11.3 Å². The summed E-state index contributed by atoms with van der Waals surface area (Å²) < 4.78 is 6.00. The molecule has 0 aliphatic rings. The number of benzene rings is 2. The molecule has 1 heterocycles. The van der Waals surface area contributed by atoms with Crippen molar-refractivity contribution >= 4 is 29.0 Å². The van der Waals surface area contributed by atoms with Gasteiger partial charge < -0.3 is 10.1 Å². The monoisotopic (exact) mass is 371 g/mol. The quantitative estimate of drug-likeness (QED) is 0.644. The zero-order valence-corrected chi connectivity index (χ0v) is 15.2. The van der Waals surface area contributed by atoms with Crippen LogP contribution in [-0.2, 0) is 4.79 Å². The average molecular weight is 371 g/mol. The molecule has 1 amide bonds. The number of carbonyl (C=O) groups is 1. The summed E-state index contributed by atoms with van der Waals surface area (Å²) in [5.41, 5.74) is 3.69.